The number of urea groups is 1. The second-order valence-electron chi connectivity index (χ2n) is 4.66. The number of carbonyl (C=O) groups is 2. The topological polar surface area (TPSA) is 71.9 Å². The molecule has 3 amide bonds. The highest BCUT2D eigenvalue weighted by molar-refractivity contribution is 5.96. The summed E-state index contributed by atoms with van der Waals surface area (Å²) in [6.45, 7) is 2.48. The van der Waals surface area contributed by atoms with Gasteiger partial charge in [-0.25, -0.2) is 4.79 Å². The molecule has 3 N–H and O–H groups in total. The number of amides is 3. The van der Waals surface area contributed by atoms with Crippen LogP contribution >= 0.6 is 0 Å². The van der Waals surface area contributed by atoms with Gasteiger partial charge in [0.25, 0.3) is 5.91 Å². The highest BCUT2D eigenvalue weighted by atomic mass is 16.5. The van der Waals surface area contributed by atoms with Gasteiger partial charge in [-0.3, -0.25) is 10.1 Å². The van der Waals surface area contributed by atoms with Crippen molar-refractivity contribution in [2.45, 2.75) is 19.5 Å². The second kappa shape index (κ2) is 7.49. The number of benzene rings is 1. The predicted molar refractivity (Wildman–Crippen MR) is 75.6 cm³/mol. The number of ether oxygens (including phenoxy) is 1. The van der Waals surface area contributed by atoms with Crippen molar-refractivity contribution in [2.24, 2.45) is 0 Å². The van der Waals surface area contributed by atoms with Crippen molar-refractivity contribution in [1.82, 2.24) is 10.6 Å². The average Bonchev–Trinajstić information content (AvgIpc) is 2.46. The number of likely N-dealkylation sites (N-methyl/N-ethyl adjacent to an activating group) is 1. The Morgan fingerprint density at radius 1 is 1.30 bits per heavy atom. The van der Waals surface area contributed by atoms with Crippen molar-refractivity contribution in [3.63, 3.8) is 0 Å². The molecule has 1 aromatic carbocycles. The molecular weight excluding hydrogens is 258 g/mol. The molecule has 6 heteroatoms. The Labute approximate surface area is 119 Å². The monoisotopic (exact) mass is 280 g/mol. The summed E-state index contributed by atoms with van der Waals surface area (Å²) in [4.78, 5) is 23.9. The molecular formula is C14H22N3O3+. The van der Waals surface area contributed by atoms with E-state index in [0.717, 1.165) is 16.2 Å². The van der Waals surface area contributed by atoms with E-state index < -0.39 is 6.03 Å². The second-order valence-corrected chi connectivity index (χ2v) is 4.66. The molecule has 20 heavy (non-hydrogen) atoms. The number of hydrogen-bond donors (Lipinski definition) is 3. The molecule has 0 saturated carbocycles. The number of rotatable bonds is 5. The molecule has 0 aliphatic rings. The van der Waals surface area contributed by atoms with Crippen LogP contribution in [-0.2, 0) is 11.3 Å². The Hall–Kier alpha value is -2.08. The highest BCUT2D eigenvalue weighted by Gasteiger charge is 2.23. The van der Waals surface area contributed by atoms with E-state index in [-0.39, 0.29) is 11.9 Å². The Balaban J connectivity index is 2.57. The summed E-state index contributed by atoms with van der Waals surface area (Å²) in [6, 6.07) is 6.89. The summed E-state index contributed by atoms with van der Waals surface area (Å²) >= 11 is 0. The number of hydrogen-bond acceptors (Lipinski definition) is 3. The standard InChI is InChI=1S/C14H21N3O3/c1-10(13(18)16-14(19)15-2)17(3)9-11-5-7-12(20-4)8-6-11/h5-8,10H,9H2,1-4H3,(H2,15,16,18,19)/p+1/t10-/m0/s1. The third kappa shape index (κ3) is 4.55. The van der Waals surface area contributed by atoms with Crippen LogP contribution in [0.3, 0.4) is 0 Å². The van der Waals surface area contributed by atoms with E-state index in [0.29, 0.717) is 6.54 Å². The average molecular weight is 280 g/mol. The fourth-order valence-electron chi connectivity index (χ4n) is 1.72. The Morgan fingerprint density at radius 2 is 1.90 bits per heavy atom. The fraction of sp³-hybridized carbons (Fsp3) is 0.429. The molecule has 0 bridgehead atoms. The van der Waals surface area contributed by atoms with Crippen LogP contribution in [0.1, 0.15) is 12.5 Å². The third-order valence-corrected chi connectivity index (χ3v) is 3.24. The molecule has 1 unspecified atom stereocenters. The molecule has 2 atom stereocenters. The number of methoxy groups -OCH3 is 1. The maximum atomic E-state index is 11.8. The maximum absolute atomic E-state index is 11.8. The van der Waals surface area contributed by atoms with Crippen LogP contribution < -0.4 is 20.3 Å². The first-order valence-electron chi connectivity index (χ1n) is 6.45. The van der Waals surface area contributed by atoms with Crippen LogP contribution in [0.2, 0.25) is 0 Å². The van der Waals surface area contributed by atoms with Crippen molar-refractivity contribution >= 4 is 11.9 Å². The summed E-state index contributed by atoms with van der Waals surface area (Å²) < 4.78 is 5.10. The minimum Gasteiger partial charge on any atom is -0.497 e. The van der Waals surface area contributed by atoms with Crippen molar-refractivity contribution in [3.8, 4) is 5.75 Å². The lowest BCUT2D eigenvalue weighted by Gasteiger charge is -2.20. The van der Waals surface area contributed by atoms with Gasteiger partial charge in [0.15, 0.2) is 6.04 Å². The van der Waals surface area contributed by atoms with Crippen molar-refractivity contribution < 1.29 is 19.2 Å². The quantitative estimate of drug-likeness (QED) is 0.684. The minimum atomic E-state index is -0.487. The number of carbonyl (C=O) groups excluding carboxylic acids is 2. The first-order chi connectivity index (χ1) is 9.47. The van der Waals surface area contributed by atoms with Crippen molar-refractivity contribution in [1.29, 1.82) is 0 Å². The SMILES string of the molecule is CNC(=O)NC(=O)[C@H](C)[NH+](C)Cc1ccc(OC)cc1. The Morgan fingerprint density at radius 3 is 2.40 bits per heavy atom. The largest absolute Gasteiger partial charge is 0.497 e. The van der Waals surface area contributed by atoms with Gasteiger partial charge >= 0.3 is 6.03 Å². The summed E-state index contributed by atoms with van der Waals surface area (Å²) in [5.74, 6) is 0.507. The van der Waals surface area contributed by atoms with E-state index in [1.807, 2.05) is 31.3 Å². The molecule has 0 aliphatic carbocycles. The molecule has 1 aromatic rings. The summed E-state index contributed by atoms with van der Waals surface area (Å²) in [6.07, 6.45) is 0. The smallest absolute Gasteiger partial charge is 0.321 e. The molecule has 0 radical (unpaired) electrons. The molecule has 0 spiro atoms. The van der Waals surface area contributed by atoms with E-state index >= 15 is 0 Å². The van der Waals surface area contributed by atoms with E-state index in [1.165, 1.54) is 7.05 Å². The van der Waals surface area contributed by atoms with E-state index in [2.05, 4.69) is 10.6 Å². The van der Waals surface area contributed by atoms with Gasteiger partial charge in [0, 0.05) is 12.6 Å². The zero-order chi connectivity index (χ0) is 15.1. The molecule has 0 aromatic heterocycles. The lowest BCUT2D eigenvalue weighted by atomic mass is 10.2. The molecule has 6 nitrogen and oxygen atoms in total. The van der Waals surface area contributed by atoms with Gasteiger partial charge in [0.2, 0.25) is 0 Å². The van der Waals surface area contributed by atoms with Crippen LogP contribution in [0, 0.1) is 0 Å². The lowest BCUT2D eigenvalue weighted by Crippen LogP contribution is -3.12. The Bertz CT molecular complexity index is 459. The lowest BCUT2D eigenvalue weighted by molar-refractivity contribution is -0.908. The van der Waals surface area contributed by atoms with E-state index in [1.54, 1.807) is 14.0 Å². The first kappa shape index (κ1) is 16.0. The molecule has 0 saturated heterocycles. The van der Waals surface area contributed by atoms with Gasteiger partial charge in [-0.2, -0.15) is 0 Å². The van der Waals surface area contributed by atoms with Crippen LogP contribution in [0.25, 0.3) is 0 Å². The summed E-state index contributed by atoms with van der Waals surface area (Å²) in [7, 11) is 5.01. The molecule has 0 heterocycles. The number of imide groups is 1. The highest BCUT2D eigenvalue weighted by Crippen LogP contribution is 2.10. The van der Waals surface area contributed by atoms with Crippen LogP contribution in [0.5, 0.6) is 5.75 Å². The zero-order valence-corrected chi connectivity index (χ0v) is 12.3. The maximum Gasteiger partial charge on any atom is 0.321 e. The molecule has 0 aliphatic heterocycles. The summed E-state index contributed by atoms with van der Waals surface area (Å²) in [5, 5.41) is 4.64. The van der Waals surface area contributed by atoms with Gasteiger partial charge < -0.3 is 15.0 Å². The van der Waals surface area contributed by atoms with E-state index in [4.69, 9.17) is 4.74 Å². The van der Waals surface area contributed by atoms with Crippen LogP contribution in [0.4, 0.5) is 4.79 Å². The summed E-state index contributed by atoms with van der Waals surface area (Å²) in [5.41, 5.74) is 1.10. The van der Waals surface area contributed by atoms with Crippen molar-refractivity contribution in [2.75, 3.05) is 21.2 Å². The number of quaternary nitrogens is 1. The molecule has 110 valence electrons. The molecule has 0 fully saturated rings. The van der Waals surface area contributed by atoms with Crippen LogP contribution in [-0.4, -0.2) is 39.2 Å². The van der Waals surface area contributed by atoms with E-state index in [9.17, 15) is 9.59 Å². The fourth-order valence-corrected chi connectivity index (χ4v) is 1.72. The van der Waals surface area contributed by atoms with Gasteiger partial charge in [-0.15, -0.1) is 0 Å². The number of nitrogens with one attached hydrogen (secondary N) is 3. The van der Waals surface area contributed by atoms with Gasteiger partial charge in [-0.1, -0.05) is 0 Å². The normalized spacial score (nSPS) is 13.2. The van der Waals surface area contributed by atoms with Gasteiger partial charge in [0.05, 0.1) is 14.2 Å². The van der Waals surface area contributed by atoms with Gasteiger partial charge in [0.1, 0.15) is 12.3 Å². The molecule has 1 rings (SSSR count). The van der Waals surface area contributed by atoms with Crippen molar-refractivity contribution in [3.05, 3.63) is 29.8 Å². The minimum absolute atomic E-state index is 0.296. The zero-order valence-electron chi connectivity index (χ0n) is 12.3. The predicted octanol–water partition coefficient (Wildman–Crippen LogP) is -0.446. The first-order valence-corrected chi connectivity index (χ1v) is 6.45. The van der Waals surface area contributed by atoms with Crippen LogP contribution in [0.15, 0.2) is 24.3 Å². The third-order valence-electron chi connectivity index (χ3n) is 3.24. The Kier molecular flexibility index (Phi) is 5.99. The van der Waals surface area contributed by atoms with Gasteiger partial charge in [-0.05, 0) is 31.2 Å².